The van der Waals surface area contributed by atoms with Gasteiger partial charge in [-0.25, -0.2) is 0 Å². The molecule has 0 aromatic rings. The summed E-state index contributed by atoms with van der Waals surface area (Å²) in [5, 5.41) is 21.5. The number of hydrogen-bond acceptors (Lipinski definition) is 12. The van der Waals surface area contributed by atoms with Crippen LogP contribution in [0.2, 0.25) is 0 Å². The average Bonchev–Trinajstić information content (AvgIpc) is 3.90. The Hall–Kier alpha value is -1.29. The van der Waals surface area contributed by atoms with Crippen LogP contribution in [0.4, 0.5) is 0 Å². The van der Waals surface area contributed by atoms with Crippen molar-refractivity contribution in [2.24, 2.45) is 17.6 Å². The Kier molecular flexibility index (Phi) is 14.3. The molecule has 0 aromatic carbocycles. The van der Waals surface area contributed by atoms with Gasteiger partial charge in [0.1, 0.15) is 36.3 Å². The Morgan fingerprint density at radius 3 is 2.25 bits per heavy atom. The highest BCUT2D eigenvalue weighted by Gasteiger charge is 2.61. The monoisotopic (exact) mass is 749 g/mol. The molecule has 6 aliphatic rings. The summed E-state index contributed by atoms with van der Waals surface area (Å²) in [7, 11) is 3.29. The lowest BCUT2D eigenvalue weighted by Gasteiger charge is -2.47. The van der Waals surface area contributed by atoms with Gasteiger partial charge < -0.3 is 53.8 Å². The van der Waals surface area contributed by atoms with Gasteiger partial charge in [0.2, 0.25) is 0 Å². The molecule has 4 N–H and O–H groups in total. The molecule has 0 aliphatic carbocycles. The maximum Gasteiger partial charge on any atom is 0.135 e. The molecular formula is C41H67NO11. The highest BCUT2D eigenvalue weighted by molar-refractivity contribution is 5.79. The SMILES string of the molecule is C=C1CC(CCC2CC3OC4C(OC5CCC(CC(=O)CC6[C@@H](OC)C(CC(O)CN)O[C@H]6CC(O)C(=C)[C@H](C)CC)O[C@@H]5C4OC)C3O2)OC1CC. The molecule has 0 aromatic heterocycles. The lowest BCUT2D eigenvalue weighted by atomic mass is 9.83. The number of aliphatic hydroxyl groups excluding tert-OH is 2. The van der Waals surface area contributed by atoms with Crippen molar-refractivity contribution >= 4 is 5.78 Å². The quantitative estimate of drug-likeness (QED) is 0.174. The predicted molar refractivity (Wildman–Crippen MR) is 197 cm³/mol. The number of carbonyl (C=O) groups excluding carboxylic acids is 1. The Morgan fingerprint density at radius 1 is 0.849 bits per heavy atom. The molecule has 0 amide bonds. The van der Waals surface area contributed by atoms with Gasteiger partial charge in [-0.2, -0.15) is 0 Å². The molecule has 14 unspecified atom stereocenters. The molecule has 0 bridgehead atoms. The third-order valence-corrected chi connectivity index (χ3v) is 13.1. The molecule has 6 saturated heterocycles. The molecule has 0 spiro atoms. The summed E-state index contributed by atoms with van der Waals surface area (Å²) in [6, 6.07) is 0. The summed E-state index contributed by atoms with van der Waals surface area (Å²) in [6.07, 6.45) is 3.60. The first-order valence-corrected chi connectivity index (χ1v) is 20.4. The van der Waals surface area contributed by atoms with Crippen LogP contribution < -0.4 is 5.73 Å². The van der Waals surface area contributed by atoms with Crippen molar-refractivity contribution in [1.82, 2.24) is 0 Å². The Bertz CT molecular complexity index is 1250. The van der Waals surface area contributed by atoms with Crippen molar-refractivity contribution in [3.63, 3.8) is 0 Å². The average molecular weight is 750 g/mol. The molecule has 0 saturated carbocycles. The Morgan fingerprint density at radius 2 is 1.57 bits per heavy atom. The normalized spacial score (nSPS) is 42.6. The number of rotatable bonds is 18. The fourth-order valence-electron chi connectivity index (χ4n) is 9.92. The lowest BCUT2D eigenvalue weighted by molar-refractivity contribution is -0.268. The number of fused-ring (bicyclic) bond motifs is 4. The van der Waals surface area contributed by atoms with Crippen molar-refractivity contribution < 1.29 is 52.9 Å². The molecule has 6 rings (SSSR count). The van der Waals surface area contributed by atoms with Crippen molar-refractivity contribution in [3.05, 3.63) is 24.3 Å². The first-order valence-electron chi connectivity index (χ1n) is 20.4. The second-order valence-corrected chi connectivity index (χ2v) is 16.6. The van der Waals surface area contributed by atoms with E-state index in [-0.39, 0.29) is 111 Å². The minimum atomic E-state index is -0.780. The van der Waals surface area contributed by atoms with Gasteiger partial charge in [-0.3, -0.25) is 4.79 Å². The van der Waals surface area contributed by atoms with E-state index < -0.39 is 30.5 Å². The third-order valence-electron chi connectivity index (χ3n) is 13.1. The van der Waals surface area contributed by atoms with Crippen LogP contribution in [-0.2, 0) is 42.7 Å². The number of aliphatic hydroxyl groups is 2. The van der Waals surface area contributed by atoms with Crippen LogP contribution in [0.5, 0.6) is 0 Å². The van der Waals surface area contributed by atoms with E-state index in [4.69, 9.17) is 43.6 Å². The number of ether oxygens (including phenoxy) is 8. The Labute approximate surface area is 316 Å². The number of Topliss-reactive ketones (excluding diaryl/α,β-unsaturated/α-hetero) is 1. The molecule has 12 heteroatoms. The van der Waals surface area contributed by atoms with Gasteiger partial charge in [-0.1, -0.05) is 33.9 Å². The van der Waals surface area contributed by atoms with Gasteiger partial charge in [0.25, 0.3) is 0 Å². The molecule has 6 aliphatic heterocycles. The van der Waals surface area contributed by atoms with Gasteiger partial charge in [-0.15, -0.1) is 0 Å². The molecule has 6 fully saturated rings. The van der Waals surface area contributed by atoms with Crippen LogP contribution in [0, 0.1) is 11.8 Å². The van der Waals surface area contributed by atoms with E-state index in [0.717, 1.165) is 50.5 Å². The van der Waals surface area contributed by atoms with Crippen molar-refractivity contribution in [3.8, 4) is 0 Å². The highest BCUT2D eigenvalue weighted by Crippen LogP contribution is 2.46. The summed E-state index contributed by atoms with van der Waals surface area (Å²) in [5.41, 5.74) is 7.67. The van der Waals surface area contributed by atoms with Crippen LogP contribution in [0.25, 0.3) is 0 Å². The molecule has 302 valence electrons. The molecule has 12 nitrogen and oxygen atoms in total. The van der Waals surface area contributed by atoms with Crippen LogP contribution in [0.3, 0.4) is 0 Å². The van der Waals surface area contributed by atoms with Crippen LogP contribution >= 0.6 is 0 Å². The predicted octanol–water partition coefficient (Wildman–Crippen LogP) is 3.96. The van der Waals surface area contributed by atoms with Crippen LogP contribution in [0.15, 0.2) is 24.3 Å². The van der Waals surface area contributed by atoms with Gasteiger partial charge in [-0.05, 0) is 62.0 Å². The van der Waals surface area contributed by atoms with E-state index in [0.29, 0.717) is 12.8 Å². The zero-order chi connectivity index (χ0) is 38.0. The number of nitrogens with two attached hydrogens (primary N) is 1. The zero-order valence-corrected chi connectivity index (χ0v) is 32.6. The first kappa shape index (κ1) is 41.3. The number of methoxy groups -OCH3 is 2. The number of ketones is 1. The number of carbonyl (C=O) groups is 1. The van der Waals surface area contributed by atoms with Crippen LogP contribution in [-0.4, -0.2) is 134 Å². The fourth-order valence-corrected chi connectivity index (χ4v) is 9.92. The van der Waals surface area contributed by atoms with Crippen molar-refractivity contribution in [1.29, 1.82) is 0 Å². The van der Waals surface area contributed by atoms with Crippen LogP contribution in [0.1, 0.15) is 97.8 Å². The summed E-state index contributed by atoms with van der Waals surface area (Å²) >= 11 is 0. The van der Waals surface area contributed by atoms with Crippen molar-refractivity contribution in [2.45, 2.75) is 195 Å². The first-order chi connectivity index (χ1) is 25.5. The maximum atomic E-state index is 13.8. The van der Waals surface area contributed by atoms with Gasteiger partial charge >= 0.3 is 0 Å². The zero-order valence-electron chi connectivity index (χ0n) is 32.6. The fraction of sp³-hybridized carbons (Fsp3) is 0.878. The summed E-state index contributed by atoms with van der Waals surface area (Å²) in [6.45, 7) is 14.7. The summed E-state index contributed by atoms with van der Waals surface area (Å²) in [4.78, 5) is 13.8. The molecule has 6 heterocycles. The second-order valence-electron chi connectivity index (χ2n) is 16.6. The minimum Gasteiger partial charge on any atom is -0.392 e. The van der Waals surface area contributed by atoms with E-state index in [9.17, 15) is 15.0 Å². The molecule has 0 radical (unpaired) electrons. The second kappa shape index (κ2) is 18.3. The molecular weight excluding hydrogens is 682 g/mol. The van der Waals surface area contributed by atoms with E-state index in [1.165, 1.54) is 5.57 Å². The summed E-state index contributed by atoms with van der Waals surface area (Å²) in [5.74, 6) is -0.119. The standard InChI is InChI=1S/C41H67NO11/c1-8-21(3)23(5)30(45)19-33-29(36(46-6)34(51-33)17-25(44)20-42)16-24(43)15-27-12-13-32-37(49-27)39(47-7)41-40(52-32)38-35(53-41)18-28(50-38)11-10-26-14-22(4)31(9-2)48-26/h21,25-41,44-45H,4-5,8-20,42H2,1-3,6-7H3/t21-,25?,26?,27?,28?,29?,30?,31?,32?,33+,34?,35?,36-,37+,38?,39?,40?,41?/m1/s1. The van der Waals surface area contributed by atoms with E-state index in [2.05, 4.69) is 27.0 Å². The van der Waals surface area contributed by atoms with Crippen molar-refractivity contribution in [2.75, 3.05) is 20.8 Å². The van der Waals surface area contributed by atoms with E-state index in [1.54, 1.807) is 14.2 Å². The maximum absolute atomic E-state index is 13.8. The Balaban J connectivity index is 1.03. The third kappa shape index (κ3) is 9.14. The van der Waals surface area contributed by atoms with Gasteiger partial charge in [0.05, 0.1) is 67.1 Å². The van der Waals surface area contributed by atoms with E-state index >= 15 is 0 Å². The largest absolute Gasteiger partial charge is 0.392 e. The topological polar surface area (TPSA) is 157 Å². The summed E-state index contributed by atoms with van der Waals surface area (Å²) < 4.78 is 51.1. The van der Waals surface area contributed by atoms with E-state index in [1.807, 2.05) is 6.92 Å². The molecule has 53 heavy (non-hydrogen) atoms. The highest BCUT2D eigenvalue weighted by atomic mass is 16.7. The van der Waals surface area contributed by atoms with Gasteiger partial charge in [0.15, 0.2) is 0 Å². The lowest BCUT2D eigenvalue weighted by Crippen LogP contribution is -2.62. The minimum absolute atomic E-state index is 0.0385. The molecule has 18 atom stereocenters. The smallest absolute Gasteiger partial charge is 0.135 e. The van der Waals surface area contributed by atoms with Gasteiger partial charge in [0, 0.05) is 58.8 Å². The number of hydrogen-bond donors (Lipinski definition) is 3.